The SMILES string of the molecule is Cc1cccc(CN)c1NC(CO)CO. The predicted octanol–water partition coefficient (Wildman–Crippen LogP) is 0.219. The fraction of sp³-hybridized carbons (Fsp3) is 0.455. The first kappa shape index (κ1) is 12.0. The summed E-state index contributed by atoms with van der Waals surface area (Å²) in [5.41, 5.74) is 8.57. The van der Waals surface area contributed by atoms with Crippen LogP contribution >= 0.6 is 0 Å². The molecule has 0 radical (unpaired) electrons. The predicted molar refractivity (Wildman–Crippen MR) is 60.7 cm³/mol. The molecule has 0 aliphatic carbocycles. The molecule has 5 N–H and O–H groups in total. The van der Waals surface area contributed by atoms with Crippen molar-refractivity contribution in [1.29, 1.82) is 0 Å². The number of rotatable bonds is 5. The van der Waals surface area contributed by atoms with Crippen LogP contribution in [0.1, 0.15) is 11.1 Å². The molecule has 0 amide bonds. The summed E-state index contributed by atoms with van der Waals surface area (Å²) in [6.07, 6.45) is 0. The van der Waals surface area contributed by atoms with E-state index in [-0.39, 0.29) is 19.3 Å². The Hall–Kier alpha value is -1.10. The van der Waals surface area contributed by atoms with Crippen molar-refractivity contribution >= 4 is 5.69 Å². The fourth-order valence-electron chi connectivity index (χ4n) is 1.46. The standard InChI is InChI=1S/C11H18N2O2/c1-8-3-2-4-9(5-12)11(8)13-10(6-14)7-15/h2-4,10,13-15H,5-7,12H2,1H3. The van der Waals surface area contributed by atoms with Crippen LogP contribution in [0, 0.1) is 6.92 Å². The largest absolute Gasteiger partial charge is 0.394 e. The molecule has 0 saturated carbocycles. The van der Waals surface area contributed by atoms with Gasteiger partial charge < -0.3 is 21.3 Å². The van der Waals surface area contributed by atoms with Crippen LogP contribution in [0.3, 0.4) is 0 Å². The number of anilines is 1. The van der Waals surface area contributed by atoms with Gasteiger partial charge in [-0.1, -0.05) is 18.2 Å². The highest BCUT2D eigenvalue weighted by Crippen LogP contribution is 2.20. The molecule has 1 rings (SSSR count). The molecule has 15 heavy (non-hydrogen) atoms. The molecule has 0 heterocycles. The van der Waals surface area contributed by atoms with Gasteiger partial charge in [0.25, 0.3) is 0 Å². The number of aryl methyl sites for hydroxylation is 1. The van der Waals surface area contributed by atoms with Gasteiger partial charge in [-0.15, -0.1) is 0 Å². The number of nitrogens with one attached hydrogen (secondary N) is 1. The lowest BCUT2D eigenvalue weighted by Crippen LogP contribution is -2.28. The first-order valence-electron chi connectivity index (χ1n) is 4.99. The van der Waals surface area contributed by atoms with E-state index >= 15 is 0 Å². The highest BCUT2D eigenvalue weighted by molar-refractivity contribution is 5.57. The summed E-state index contributed by atoms with van der Waals surface area (Å²) in [5.74, 6) is 0. The van der Waals surface area contributed by atoms with Crippen molar-refractivity contribution < 1.29 is 10.2 Å². The minimum absolute atomic E-state index is 0.102. The number of aliphatic hydroxyl groups excluding tert-OH is 2. The molecular weight excluding hydrogens is 192 g/mol. The maximum absolute atomic E-state index is 8.99. The average molecular weight is 210 g/mol. The van der Waals surface area contributed by atoms with Crippen LogP contribution in [-0.2, 0) is 6.54 Å². The molecule has 84 valence electrons. The van der Waals surface area contributed by atoms with Crippen molar-refractivity contribution in [3.63, 3.8) is 0 Å². The average Bonchev–Trinajstić information content (AvgIpc) is 2.27. The lowest BCUT2D eigenvalue weighted by atomic mass is 10.1. The van der Waals surface area contributed by atoms with Gasteiger partial charge in [-0.3, -0.25) is 0 Å². The summed E-state index contributed by atoms with van der Waals surface area (Å²) < 4.78 is 0. The van der Waals surface area contributed by atoms with Gasteiger partial charge in [-0.25, -0.2) is 0 Å². The zero-order valence-electron chi connectivity index (χ0n) is 8.90. The van der Waals surface area contributed by atoms with Crippen LogP contribution < -0.4 is 11.1 Å². The Bertz CT molecular complexity index is 311. The minimum atomic E-state index is -0.337. The van der Waals surface area contributed by atoms with Crippen molar-refractivity contribution in [2.75, 3.05) is 18.5 Å². The van der Waals surface area contributed by atoms with Crippen molar-refractivity contribution in [2.45, 2.75) is 19.5 Å². The number of aliphatic hydroxyl groups is 2. The molecule has 0 bridgehead atoms. The van der Waals surface area contributed by atoms with E-state index in [1.807, 2.05) is 25.1 Å². The van der Waals surface area contributed by atoms with E-state index in [0.29, 0.717) is 6.54 Å². The fourth-order valence-corrected chi connectivity index (χ4v) is 1.46. The Labute approximate surface area is 89.7 Å². The van der Waals surface area contributed by atoms with Gasteiger partial charge in [0, 0.05) is 12.2 Å². The van der Waals surface area contributed by atoms with Gasteiger partial charge >= 0.3 is 0 Å². The molecule has 4 nitrogen and oxygen atoms in total. The molecule has 0 spiro atoms. The highest BCUT2D eigenvalue weighted by atomic mass is 16.3. The highest BCUT2D eigenvalue weighted by Gasteiger charge is 2.09. The Kier molecular flexibility index (Phi) is 4.55. The van der Waals surface area contributed by atoms with Gasteiger partial charge in [0.1, 0.15) is 0 Å². The number of hydrogen-bond donors (Lipinski definition) is 4. The number of para-hydroxylation sites is 1. The van der Waals surface area contributed by atoms with Crippen molar-refractivity contribution in [2.24, 2.45) is 5.73 Å². The molecule has 0 aliphatic heterocycles. The maximum Gasteiger partial charge on any atom is 0.0723 e. The number of benzene rings is 1. The first-order valence-corrected chi connectivity index (χ1v) is 4.99. The molecule has 0 unspecified atom stereocenters. The Morgan fingerprint density at radius 3 is 2.53 bits per heavy atom. The molecular formula is C11H18N2O2. The monoisotopic (exact) mass is 210 g/mol. The first-order chi connectivity index (χ1) is 7.22. The Balaban J connectivity index is 2.91. The van der Waals surface area contributed by atoms with E-state index in [2.05, 4.69) is 5.32 Å². The summed E-state index contributed by atoms with van der Waals surface area (Å²) >= 11 is 0. The second-order valence-electron chi connectivity index (χ2n) is 3.52. The lowest BCUT2D eigenvalue weighted by Gasteiger charge is -2.19. The van der Waals surface area contributed by atoms with Gasteiger partial charge in [-0.05, 0) is 18.1 Å². The normalized spacial score (nSPS) is 10.7. The topological polar surface area (TPSA) is 78.5 Å². The quantitative estimate of drug-likeness (QED) is 0.560. The van der Waals surface area contributed by atoms with Crippen LogP contribution in [0.5, 0.6) is 0 Å². The zero-order valence-corrected chi connectivity index (χ0v) is 8.90. The van der Waals surface area contributed by atoms with E-state index in [9.17, 15) is 0 Å². The molecule has 0 aromatic heterocycles. The van der Waals surface area contributed by atoms with Gasteiger partial charge in [0.05, 0.1) is 19.3 Å². The van der Waals surface area contributed by atoms with Gasteiger partial charge in [0.15, 0.2) is 0 Å². The van der Waals surface area contributed by atoms with E-state index in [4.69, 9.17) is 15.9 Å². The van der Waals surface area contributed by atoms with Crippen molar-refractivity contribution in [3.8, 4) is 0 Å². The molecule has 1 aromatic rings. The molecule has 4 heteroatoms. The van der Waals surface area contributed by atoms with Crippen molar-refractivity contribution in [1.82, 2.24) is 0 Å². The summed E-state index contributed by atoms with van der Waals surface area (Å²) in [4.78, 5) is 0. The smallest absolute Gasteiger partial charge is 0.0723 e. The molecule has 0 aliphatic rings. The second-order valence-corrected chi connectivity index (χ2v) is 3.52. The van der Waals surface area contributed by atoms with Crippen LogP contribution in [0.25, 0.3) is 0 Å². The minimum Gasteiger partial charge on any atom is -0.394 e. The van der Waals surface area contributed by atoms with Crippen LogP contribution in [0.4, 0.5) is 5.69 Å². The third kappa shape index (κ3) is 2.92. The van der Waals surface area contributed by atoms with Crippen LogP contribution in [0.15, 0.2) is 18.2 Å². The Morgan fingerprint density at radius 2 is 2.00 bits per heavy atom. The van der Waals surface area contributed by atoms with E-state index in [0.717, 1.165) is 16.8 Å². The van der Waals surface area contributed by atoms with Crippen molar-refractivity contribution in [3.05, 3.63) is 29.3 Å². The van der Waals surface area contributed by atoms with Crippen LogP contribution in [0.2, 0.25) is 0 Å². The summed E-state index contributed by atoms with van der Waals surface area (Å²) in [6.45, 7) is 2.20. The number of nitrogens with two attached hydrogens (primary N) is 1. The number of hydrogen-bond acceptors (Lipinski definition) is 4. The third-order valence-corrected chi connectivity index (χ3v) is 2.37. The summed E-state index contributed by atoms with van der Waals surface area (Å²) in [5, 5.41) is 21.1. The lowest BCUT2D eigenvalue weighted by molar-refractivity contribution is 0.204. The van der Waals surface area contributed by atoms with Gasteiger partial charge in [-0.2, -0.15) is 0 Å². The van der Waals surface area contributed by atoms with E-state index < -0.39 is 0 Å². The van der Waals surface area contributed by atoms with E-state index in [1.54, 1.807) is 0 Å². The second kappa shape index (κ2) is 5.70. The summed E-state index contributed by atoms with van der Waals surface area (Å²) in [7, 11) is 0. The molecule has 1 aromatic carbocycles. The Morgan fingerprint density at radius 1 is 1.33 bits per heavy atom. The molecule has 0 saturated heterocycles. The zero-order chi connectivity index (χ0) is 11.3. The summed E-state index contributed by atoms with van der Waals surface area (Å²) in [6, 6.07) is 5.50. The molecule has 0 fully saturated rings. The third-order valence-electron chi connectivity index (χ3n) is 2.37. The van der Waals surface area contributed by atoms with Gasteiger partial charge in [0.2, 0.25) is 0 Å². The van der Waals surface area contributed by atoms with E-state index in [1.165, 1.54) is 0 Å². The van der Waals surface area contributed by atoms with Crippen LogP contribution in [-0.4, -0.2) is 29.5 Å². The molecule has 0 atom stereocenters. The maximum atomic E-state index is 8.99.